The van der Waals surface area contributed by atoms with Crippen molar-refractivity contribution in [3.8, 4) is 0 Å². The van der Waals surface area contributed by atoms with Gasteiger partial charge in [-0.25, -0.2) is 0 Å². The van der Waals surface area contributed by atoms with Crippen LogP contribution in [0.25, 0.3) is 0 Å². The standard InChI is InChI=1S/C17H27ClN2O/c1-3-10-19-12-15-16(18)8-5-9-17(15)20(4-2)13-14-7-6-11-21-14/h5,8-9,14,19H,3-4,6-7,10-13H2,1-2H3. The lowest BCUT2D eigenvalue weighted by Gasteiger charge is -2.28. The first-order chi connectivity index (χ1) is 10.3. The molecule has 1 unspecified atom stereocenters. The van der Waals surface area contributed by atoms with Crippen molar-refractivity contribution in [3.05, 3.63) is 28.8 Å². The molecule has 0 radical (unpaired) electrons. The van der Waals surface area contributed by atoms with Crippen molar-refractivity contribution in [3.63, 3.8) is 0 Å². The molecule has 2 rings (SSSR count). The van der Waals surface area contributed by atoms with Crippen LogP contribution in [-0.2, 0) is 11.3 Å². The minimum absolute atomic E-state index is 0.361. The van der Waals surface area contributed by atoms with Gasteiger partial charge in [0.1, 0.15) is 0 Å². The summed E-state index contributed by atoms with van der Waals surface area (Å²) >= 11 is 6.43. The summed E-state index contributed by atoms with van der Waals surface area (Å²) in [5, 5.41) is 4.31. The molecule has 1 N–H and O–H groups in total. The molecular formula is C17H27ClN2O. The Kier molecular flexibility index (Phi) is 6.81. The summed E-state index contributed by atoms with van der Waals surface area (Å²) in [7, 11) is 0. The molecule has 1 saturated heterocycles. The lowest BCUT2D eigenvalue weighted by atomic mass is 10.1. The Hall–Kier alpha value is -0.770. The maximum atomic E-state index is 6.43. The Morgan fingerprint density at radius 2 is 2.24 bits per heavy atom. The van der Waals surface area contributed by atoms with Crippen LogP contribution in [0, 0.1) is 0 Å². The second-order valence-electron chi connectivity index (χ2n) is 5.59. The molecule has 21 heavy (non-hydrogen) atoms. The maximum Gasteiger partial charge on any atom is 0.0750 e. The van der Waals surface area contributed by atoms with E-state index in [0.717, 1.165) is 44.2 Å². The minimum atomic E-state index is 0.361. The topological polar surface area (TPSA) is 24.5 Å². The van der Waals surface area contributed by atoms with Crippen LogP contribution in [0.5, 0.6) is 0 Å². The average molecular weight is 311 g/mol. The van der Waals surface area contributed by atoms with Crippen molar-refractivity contribution in [2.24, 2.45) is 0 Å². The zero-order chi connectivity index (χ0) is 15.1. The van der Waals surface area contributed by atoms with Crippen molar-refractivity contribution >= 4 is 17.3 Å². The Labute approximate surface area is 133 Å². The highest BCUT2D eigenvalue weighted by Gasteiger charge is 2.20. The average Bonchev–Trinajstić information content (AvgIpc) is 3.00. The van der Waals surface area contributed by atoms with Gasteiger partial charge in [0, 0.05) is 42.5 Å². The highest BCUT2D eigenvalue weighted by atomic mass is 35.5. The van der Waals surface area contributed by atoms with Gasteiger partial charge in [-0.2, -0.15) is 0 Å². The van der Waals surface area contributed by atoms with E-state index in [1.54, 1.807) is 0 Å². The number of anilines is 1. The third kappa shape index (κ3) is 4.60. The number of benzene rings is 1. The Bertz CT molecular complexity index is 433. The summed E-state index contributed by atoms with van der Waals surface area (Å²) < 4.78 is 5.79. The fraction of sp³-hybridized carbons (Fsp3) is 0.647. The molecule has 1 heterocycles. The van der Waals surface area contributed by atoms with Gasteiger partial charge in [0.2, 0.25) is 0 Å². The molecular weight excluding hydrogens is 284 g/mol. The predicted molar refractivity (Wildman–Crippen MR) is 90.3 cm³/mol. The largest absolute Gasteiger partial charge is 0.376 e. The van der Waals surface area contributed by atoms with E-state index in [9.17, 15) is 0 Å². The van der Waals surface area contributed by atoms with E-state index in [1.807, 2.05) is 12.1 Å². The lowest BCUT2D eigenvalue weighted by molar-refractivity contribution is 0.115. The molecule has 1 atom stereocenters. The quantitative estimate of drug-likeness (QED) is 0.738. The number of halogens is 1. The number of hydrogen-bond acceptors (Lipinski definition) is 3. The first-order valence-corrected chi connectivity index (χ1v) is 8.48. The number of nitrogens with one attached hydrogen (secondary N) is 1. The van der Waals surface area contributed by atoms with Gasteiger partial charge in [0.15, 0.2) is 0 Å². The minimum Gasteiger partial charge on any atom is -0.376 e. The van der Waals surface area contributed by atoms with Gasteiger partial charge in [0.05, 0.1) is 6.10 Å². The van der Waals surface area contributed by atoms with Crippen LogP contribution < -0.4 is 10.2 Å². The van der Waals surface area contributed by atoms with Crippen molar-refractivity contribution in [1.29, 1.82) is 0 Å². The van der Waals surface area contributed by atoms with Crippen molar-refractivity contribution in [1.82, 2.24) is 5.32 Å². The number of hydrogen-bond donors (Lipinski definition) is 1. The first-order valence-electron chi connectivity index (χ1n) is 8.10. The van der Waals surface area contributed by atoms with E-state index in [0.29, 0.717) is 6.10 Å². The fourth-order valence-electron chi connectivity index (χ4n) is 2.84. The van der Waals surface area contributed by atoms with E-state index in [4.69, 9.17) is 16.3 Å². The number of ether oxygens (including phenoxy) is 1. The maximum absolute atomic E-state index is 6.43. The fourth-order valence-corrected chi connectivity index (χ4v) is 3.08. The van der Waals surface area contributed by atoms with Crippen LogP contribution in [0.2, 0.25) is 5.02 Å². The molecule has 1 aromatic carbocycles. The summed E-state index contributed by atoms with van der Waals surface area (Å²) in [6, 6.07) is 6.19. The van der Waals surface area contributed by atoms with Crippen molar-refractivity contribution in [2.75, 3.05) is 31.1 Å². The third-order valence-corrected chi connectivity index (χ3v) is 4.35. The highest BCUT2D eigenvalue weighted by molar-refractivity contribution is 6.31. The molecule has 0 aromatic heterocycles. The van der Waals surface area contributed by atoms with E-state index in [2.05, 4.69) is 30.1 Å². The Morgan fingerprint density at radius 3 is 2.90 bits per heavy atom. The van der Waals surface area contributed by atoms with Gasteiger partial charge in [-0.1, -0.05) is 24.6 Å². The summed E-state index contributed by atoms with van der Waals surface area (Å²) in [5.74, 6) is 0. The normalized spacial score (nSPS) is 18.1. The van der Waals surface area contributed by atoms with Gasteiger partial charge < -0.3 is 15.0 Å². The number of likely N-dealkylation sites (N-methyl/N-ethyl adjacent to an activating group) is 1. The van der Waals surface area contributed by atoms with Crippen LogP contribution in [0.15, 0.2) is 18.2 Å². The highest BCUT2D eigenvalue weighted by Crippen LogP contribution is 2.28. The van der Waals surface area contributed by atoms with Gasteiger partial charge in [-0.05, 0) is 44.9 Å². The zero-order valence-electron chi connectivity index (χ0n) is 13.2. The molecule has 118 valence electrons. The summed E-state index contributed by atoms with van der Waals surface area (Å²) in [5.41, 5.74) is 2.44. The molecule has 3 nitrogen and oxygen atoms in total. The lowest BCUT2D eigenvalue weighted by Crippen LogP contribution is -2.33. The molecule has 0 spiro atoms. The van der Waals surface area contributed by atoms with Crippen LogP contribution in [0.3, 0.4) is 0 Å². The molecule has 1 aliphatic rings. The van der Waals surface area contributed by atoms with Crippen LogP contribution in [0.4, 0.5) is 5.69 Å². The third-order valence-electron chi connectivity index (χ3n) is 3.99. The first kappa shape index (κ1) is 16.6. The van der Waals surface area contributed by atoms with Crippen molar-refractivity contribution in [2.45, 2.75) is 45.8 Å². The van der Waals surface area contributed by atoms with Crippen LogP contribution in [0.1, 0.15) is 38.7 Å². The van der Waals surface area contributed by atoms with E-state index in [1.165, 1.54) is 24.1 Å². The molecule has 0 saturated carbocycles. The van der Waals surface area contributed by atoms with E-state index >= 15 is 0 Å². The van der Waals surface area contributed by atoms with E-state index in [-0.39, 0.29) is 0 Å². The van der Waals surface area contributed by atoms with Gasteiger partial charge in [-0.3, -0.25) is 0 Å². The monoisotopic (exact) mass is 310 g/mol. The number of nitrogens with zero attached hydrogens (tertiary/aromatic N) is 1. The SMILES string of the molecule is CCCNCc1c(Cl)cccc1N(CC)CC1CCCO1. The molecule has 4 heteroatoms. The molecule has 1 aromatic rings. The molecule has 1 fully saturated rings. The second kappa shape index (κ2) is 8.62. The Balaban J connectivity index is 2.12. The summed E-state index contributed by atoms with van der Waals surface area (Å²) in [6.07, 6.45) is 3.84. The van der Waals surface area contributed by atoms with E-state index < -0.39 is 0 Å². The second-order valence-corrected chi connectivity index (χ2v) is 6.00. The van der Waals surface area contributed by atoms with Crippen LogP contribution in [-0.4, -0.2) is 32.3 Å². The Morgan fingerprint density at radius 1 is 1.38 bits per heavy atom. The molecule has 0 aliphatic carbocycles. The smallest absolute Gasteiger partial charge is 0.0750 e. The van der Waals surface area contributed by atoms with Gasteiger partial charge >= 0.3 is 0 Å². The van der Waals surface area contributed by atoms with Crippen molar-refractivity contribution < 1.29 is 4.74 Å². The van der Waals surface area contributed by atoms with Gasteiger partial charge in [0.25, 0.3) is 0 Å². The number of rotatable bonds is 8. The summed E-state index contributed by atoms with van der Waals surface area (Å²) in [4.78, 5) is 2.39. The van der Waals surface area contributed by atoms with Crippen LogP contribution >= 0.6 is 11.6 Å². The molecule has 0 amide bonds. The molecule has 1 aliphatic heterocycles. The zero-order valence-corrected chi connectivity index (χ0v) is 14.0. The molecule has 0 bridgehead atoms. The van der Waals surface area contributed by atoms with Gasteiger partial charge in [-0.15, -0.1) is 0 Å². The predicted octanol–water partition coefficient (Wildman–Crippen LogP) is 3.84. The summed E-state index contributed by atoms with van der Waals surface area (Å²) in [6.45, 7) is 9.05.